The Hall–Kier alpha value is -0.0800. The molecular weight excluding hydrogens is 136 g/mol. The Labute approximate surface area is 69.5 Å². The van der Waals surface area contributed by atoms with Gasteiger partial charge < -0.3 is 11.1 Å². The summed E-state index contributed by atoms with van der Waals surface area (Å²) in [5, 5.41) is 3.45. The van der Waals surface area contributed by atoms with Crippen molar-refractivity contribution < 1.29 is 0 Å². The molecule has 1 aliphatic carbocycles. The largest absolute Gasteiger partial charge is 0.330 e. The molecule has 0 aromatic heterocycles. The summed E-state index contributed by atoms with van der Waals surface area (Å²) in [4.78, 5) is 0. The highest BCUT2D eigenvalue weighted by atomic mass is 14.9. The molecule has 1 fully saturated rings. The number of hydrogen-bond acceptors (Lipinski definition) is 2. The molecule has 0 spiro atoms. The van der Waals surface area contributed by atoms with Crippen molar-refractivity contribution in [2.75, 3.05) is 19.6 Å². The Morgan fingerprint density at radius 2 is 2.00 bits per heavy atom. The van der Waals surface area contributed by atoms with Gasteiger partial charge in [0.2, 0.25) is 0 Å². The summed E-state index contributed by atoms with van der Waals surface area (Å²) in [5.41, 5.74) is 5.38. The van der Waals surface area contributed by atoms with E-state index in [2.05, 4.69) is 5.32 Å². The van der Waals surface area contributed by atoms with Crippen molar-refractivity contribution in [1.82, 2.24) is 5.32 Å². The molecule has 0 saturated heterocycles. The fourth-order valence-corrected chi connectivity index (χ4v) is 1.75. The van der Waals surface area contributed by atoms with Crippen LogP contribution in [0.1, 0.15) is 32.1 Å². The molecule has 3 N–H and O–H groups in total. The van der Waals surface area contributed by atoms with Crippen LogP contribution in [0.25, 0.3) is 0 Å². The first-order chi connectivity index (χ1) is 5.43. The molecule has 1 aliphatic rings. The summed E-state index contributed by atoms with van der Waals surface area (Å²) in [6.07, 6.45) is 6.89. The SMILES string of the molecule is NCCCNCC1CCCC1. The van der Waals surface area contributed by atoms with E-state index in [1.165, 1.54) is 32.2 Å². The third-order valence-electron chi connectivity index (χ3n) is 2.47. The lowest BCUT2D eigenvalue weighted by molar-refractivity contribution is 0.487. The van der Waals surface area contributed by atoms with Crippen molar-refractivity contribution in [3.05, 3.63) is 0 Å². The molecule has 0 amide bonds. The minimum Gasteiger partial charge on any atom is -0.330 e. The highest BCUT2D eigenvalue weighted by Crippen LogP contribution is 2.23. The molecule has 11 heavy (non-hydrogen) atoms. The van der Waals surface area contributed by atoms with Crippen LogP contribution >= 0.6 is 0 Å². The minimum absolute atomic E-state index is 0.817. The lowest BCUT2D eigenvalue weighted by Crippen LogP contribution is -2.23. The predicted molar refractivity (Wildman–Crippen MR) is 48.5 cm³/mol. The molecule has 0 heterocycles. The van der Waals surface area contributed by atoms with E-state index < -0.39 is 0 Å². The van der Waals surface area contributed by atoms with Gasteiger partial charge in [0.15, 0.2) is 0 Å². The number of rotatable bonds is 5. The van der Waals surface area contributed by atoms with E-state index in [0.717, 1.165) is 25.4 Å². The molecule has 0 aromatic rings. The average molecular weight is 156 g/mol. The molecule has 1 saturated carbocycles. The Balaban J connectivity index is 1.86. The van der Waals surface area contributed by atoms with E-state index in [0.29, 0.717) is 0 Å². The molecule has 0 radical (unpaired) electrons. The van der Waals surface area contributed by atoms with Gasteiger partial charge in [-0.3, -0.25) is 0 Å². The Morgan fingerprint density at radius 3 is 2.64 bits per heavy atom. The van der Waals surface area contributed by atoms with Crippen LogP contribution in [0.4, 0.5) is 0 Å². The van der Waals surface area contributed by atoms with Crippen LogP contribution in [0.15, 0.2) is 0 Å². The monoisotopic (exact) mass is 156 g/mol. The Bertz CT molecular complexity index is 87.6. The van der Waals surface area contributed by atoms with E-state index in [1.54, 1.807) is 0 Å². The van der Waals surface area contributed by atoms with Crippen LogP contribution < -0.4 is 11.1 Å². The van der Waals surface area contributed by atoms with Crippen molar-refractivity contribution >= 4 is 0 Å². The molecule has 1 rings (SSSR count). The topological polar surface area (TPSA) is 38.0 Å². The standard InChI is InChI=1S/C9H20N2/c10-6-3-7-11-8-9-4-1-2-5-9/h9,11H,1-8,10H2. The summed E-state index contributed by atoms with van der Waals surface area (Å²) in [6, 6.07) is 0. The number of nitrogens with two attached hydrogens (primary N) is 1. The van der Waals surface area contributed by atoms with Gasteiger partial charge in [0.05, 0.1) is 0 Å². The van der Waals surface area contributed by atoms with E-state index in [-0.39, 0.29) is 0 Å². The number of hydrogen-bond donors (Lipinski definition) is 2. The smallest absolute Gasteiger partial charge is 0.00205 e. The summed E-state index contributed by atoms with van der Waals surface area (Å²) >= 11 is 0. The Morgan fingerprint density at radius 1 is 1.27 bits per heavy atom. The molecule has 2 heteroatoms. The fraction of sp³-hybridized carbons (Fsp3) is 1.00. The summed E-state index contributed by atoms with van der Waals surface area (Å²) in [6.45, 7) is 3.14. The zero-order valence-electron chi connectivity index (χ0n) is 7.31. The third kappa shape index (κ3) is 3.73. The highest BCUT2D eigenvalue weighted by Gasteiger charge is 2.13. The second kappa shape index (κ2) is 5.56. The van der Waals surface area contributed by atoms with Crippen LogP contribution in [0, 0.1) is 5.92 Å². The average Bonchev–Trinajstić information content (AvgIpc) is 2.50. The summed E-state index contributed by atoms with van der Waals surface area (Å²) in [5.74, 6) is 0.966. The maximum absolute atomic E-state index is 5.38. The maximum Gasteiger partial charge on any atom is -0.00205 e. The number of nitrogens with one attached hydrogen (secondary N) is 1. The maximum atomic E-state index is 5.38. The normalized spacial score (nSPS) is 19.4. The first-order valence-electron chi connectivity index (χ1n) is 4.84. The van der Waals surface area contributed by atoms with Gasteiger partial charge in [-0.2, -0.15) is 0 Å². The minimum atomic E-state index is 0.817. The Kier molecular flexibility index (Phi) is 4.55. The fourth-order valence-electron chi connectivity index (χ4n) is 1.75. The van der Waals surface area contributed by atoms with Gasteiger partial charge in [0.25, 0.3) is 0 Å². The van der Waals surface area contributed by atoms with Crippen LogP contribution in [0.3, 0.4) is 0 Å². The van der Waals surface area contributed by atoms with Gasteiger partial charge in [0.1, 0.15) is 0 Å². The molecule has 0 unspecified atom stereocenters. The van der Waals surface area contributed by atoms with E-state index in [4.69, 9.17) is 5.73 Å². The van der Waals surface area contributed by atoms with Gasteiger partial charge in [0, 0.05) is 0 Å². The second-order valence-electron chi connectivity index (χ2n) is 3.50. The predicted octanol–water partition coefficient (Wildman–Crippen LogP) is 1.11. The molecule has 0 bridgehead atoms. The van der Waals surface area contributed by atoms with E-state index in [1.807, 2.05) is 0 Å². The van der Waals surface area contributed by atoms with Gasteiger partial charge in [-0.05, 0) is 44.8 Å². The highest BCUT2D eigenvalue weighted by molar-refractivity contribution is 4.69. The van der Waals surface area contributed by atoms with Gasteiger partial charge in [-0.15, -0.1) is 0 Å². The van der Waals surface area contributed by atoms with Crippen molar-refractivity contribution in [1.29, 1.82) is 0 Å². The van der Waals surface area contributed by atoms with Gasteiger partial charge >= 0.3 is 0 Å². The lowest BCUT2D eigenvalue weighted by atomic mass is 10.1. The first kappa shape index (κ1) is 9.01. The van der Waals surface area contributed by atoms with Gasteiger partial charge in [-0.25, -0.2) is 0 Å². The quantitative estimate of drug-likeness (QED) is 0.585. The van der Waals surface area contributed by atoms with Crippen LogP contribution in [0.2, 0.25) is 0 Å². The van der Waals surface area contributed by atoms with Gasteiger partial charge in [-0.1, -0.05) is 12.8 Å². The van der Waals surface area contributed by atoms with Crippen LogP contribution in [-0.2, 0) is 0 Å². The molecular formula is C9H20N2. The molecule has 66 valence electrons. The van der Waals surface area contributed by atoms with Crippen molar-refractivity contribution in [2.24, 2.45) is 11.7 Å². The molecule has 0 aromatic carbocycles. The molecule has 0 atom stereocenters. The van der Waals surface area contributed by atoms with Crippen molar-refractivity contribution in [3.63, 3.8) is 0 Å². The molecule has 0 aliphatic heterocycles. The lowest BCUT2D eigenvalue weighted by Gasteiger charge is -2.09. The van der Waals surface area contributed by atoms with Crippen molar-refractivity contribution in [2.45, 2.75) is 32.1 Å². The van der Waals surface area contributed by atoms with Crippen LogP contribution in [0.5, 0.6) is 0 Å². The summed E-state index contributed by atoms with van der Waals surface area (Å²) in [7, 11) is 0. The zero-order chi connectivity index (χ0) is 7.94. The van der Waals surface area contributed by atoms with Crippen molar-refractivity contribution in [3.8, 4) is 0 Å². The van der Waals surface area contributed by atoms with Crippen LogP contribution in [-0.4, -0.2) is 19.6 Å². The second-order valence-corrected chi connectivity index (χ2v) is 3.50. The molecule has 2 nitrogen and oxygen atoms in total. The zero-order valence-corrected chi connectivity index (χ0v) is 7.31. The first-order valence-corrected chi connectivity index (χ1v) is 4.84. The van der Waals surface area contributed by atoms with E-state index in [9.17, 15) is 0 Å². The summed E-state index contributed by atoms with van der Waals surface area (Å²) < 4.78 is 0. The third-order valence-corrected chi connectivity index (χ3v) is 2.47. The van der Waals surface area contributed by atoms with E-state index >= 15 is 0 Å².